The Bertz CT molecular complexity index is 4770. The third-order valence-corrected chi connectivity index (χ3v) is 22.7. The number of nitrogens with zero attached hydrogens (tertiary/aromatic N) is 13. The van der Waals surface area contributed by atoms with E-state index < -0.39 is 49.3 Å². The van der Waals surface area contributed by atoms with Crippen molar-refractivity contribution in [3.8, 4) is 22.4 Å². The van der Waals surface area contributed by atoms with Gasteiger partial charge < -0.3 is 44.9 Å². The third-order valence-electron chi connectivity index (χ3n) is 18.4. The highest BCUT2D eigenvalue weighted by atomic mass is 32.2. The second kappa shape index (κ2) is 34.8. The molecule has 5 saturated heterocycles. The van der Waals surface area contributed by atoms with Crippen LogP contribution in [0.1, 0.15) is 79.8 Å². The van der Waals surface area contributed by atoms with Crippen LogP contribution < -0.4 is 30.2 Å². The minimum Gasteiger partial charge on any atom is -0.490 e. The van der Waals surface area contributed by atoms with Gasteiger partial charge in [0.1, 0.15) is 29.5 Å². The molecule has 0 aliphatic carbocycles. The van der Waals surface area contributed by atoms with E-state index in [1.54, 1.807) is 72.6 Å². The fourth-order valence-electron chi connectivity index (χ4n) is 12.8. The molecule has 5 aliphatic rings. The molecule has 26 nitrogen and oxygen atoms in total. The molecule has 8 aromatic rings. The van der Waals surface area contributed by atoms with Gasteiger partial charge in [-0.3, -0.25) is 14.7 Å². The molecule has 3 amide bonds. The number of para-hydroxylation sites is 1. The lowest BCUT2D eigenvalue weighted by Gasteiger charge is -2.35. The Kier molecular flexibility index (Phi) is 25.6. The van der Waals surface area contributed by atoms with E-state index in [0.29, 0.717) is 118 Å². The van der Waals surface area contributed by atoms with Crippen molar-refractivity contribution in [3.63, 3.8) is 0 Å². The second-order valence-corrected chi connectivity index (χ2v) is 33.2. The molecule has 35 heteroatoms. The van der Waals surface area contributed by atoms with E-state index in [1.165, 1.54) is 25.4 Å². The lowest BCUT2D eigenvalue weighted by atomic mass is 10.1. The molecule has 5 aliphatic heterocycles. The Balaban J connectivity index is 0.000000163. The average molecular weight is 1570 g/mol. The highest BCUT2D eigenvalue weighted by Gasteiger charge is 2.36. The number of hydrogen-bond donors (Lipinski definition) is 3. The first-order valence-electron chi connectivity index (χ1n) is 35.5. The lowest BCUT2D eigenvalue weighted by molar-refractivity contribution is -0.138. The lowest BCUT2D eigenvalue weighted by Crippen LogP contribution is -2.49. The smallest absolute Gasteiger partial charge is 0.416 e. The van der Waals surface area contributed by atoms with Gasteiger partial charge in [0.25, 0.3) is 5.19 Å². The zero-order valence-corrected chi connectivity index (χ0v) is 63.3. The van der Waals surface area contributed by atoms with Crippen LogP contribution in [-0.4, -0.2) is 212 Å². The van der Waals surface area contributed by atoms with E-state index >= 15 is 0 Å². The Morgan fingerprint density at radius 2 is 0.899 bits per heavy atom. The molecule has 0 saturated carbocycles. The molecule has 5 fully saturated rings. The van der Waals surface area contributed by atoms with Gasteiger partial charge in [0.05, 0.1) is 44.4 Å². The number of ether oxygens (including phenoxy) is 3. The first-order valence-corrected chi connectivity index (χ1v) is 40.0. The summed E-state index contributed by atoms with van der Waals surface area (Å²) < 4.78 is 151. The molecular formula is C74H88F6N16O10S3. The number of piperazine rings is 3. The van der Waals surface area contributed by atoms with Crippen LogP contribution in [0.15, 0.2) is 152 Å². The number of hydrogen-bond acceptors (Lipinski definition) is 21. The van der Waals surface area contributed by atoms with Crippen LogP contribution in [0.5, 0.6) is 22.4 Å². The first-order chi connectivity index (χ1) is 51.7. The Hall–Kier alpha value is -9.81. The molecular weight excluding hydrogens is 1480 g/mol. The summed E-state index contributed by atoms with van der Waals surface area (Å²) in [4.78, 5) is 54.2. The number of anilines is 3. The number of sulfone groups is 2. The molecule has 109 heavy (non-hydrogen) atoms. The average Bonchev–Trinajstić information content (AvgIpc) is 1.50. The van der Waals surface area contributed by atoms with Crippen LogP contribution >= 0.6 is 11.3 Å². The van der Waals surface area contributed by atoms with Crippen LogP contribution in [0.4, 0.5) is 58.2 Å². The van der Waals surface area contributed by atoms with E-state index in [1.807, 2.05) is 58.9 Å². The van der Waals surface area contributed by atoms with Gasteiger partial charge in [-0.15, -0.1) is 15.3 Å². The molecule has 9 heterocycles. The van der Waals surface area contributed by atoms with Crippen molar-refractivity contribution in [3.05, 3.63) is 186 Å². The quantitative estimate of drug-likeness (QED) is 0.0674. The fraction of sp³-hybridized carbons (Fsp3) is 0.419. The highest BCUT2D eigenvalue weighted by Crippen LogP contribution is 2.38. The van der Waals surface area contributed by atoms with Gasteiger partial charge in [-0.1, -0.05) is 55.3 Å². The topological polar surface area (TPSA) is 269 Å². The van der Waals surface area contributed by atoms with Gasteiger partial charge in [0.15, 0.2) is 37.1 Å². The maximum absolute atomic E-state index is 13.7. The highest BCUT2D eigenvalue weighted by molar-refractivity contribution is 7.91. The maximum Gasteiger partial charge on any atom is 0.416 e. The van der Waals surface area contributed by atoms with Crippen LogP contribution in [0, 0.1) is 6.92 Å². The minimum atomic E-state index is -4.54. The molecule has 584 valence electrons. The molecule has 4 aromatic carbocycles. The van der Waals surface area contributed by atoms with E-state index in [9.17, 15) is 57.6 Å². The van der Waals surface area contributed by atoms with Crippen LogP contribution in [0.25, 0.3) is 10.2 Å². The number of nitrogens with one attached hydrogen (secondary N) is 3. The normalized spacial score (nSPS) is 17.5. The number of rotatable bonds is 18. The SMILES string of the molecule is C=C(C)Nc1ccn(C(=O)N2CCN(Cc3cc(OC4CCS(=O)(=O)CC4)cc(C(F)(F)F)c3)CC2)n1.C=C(C)Nc1ccn(C(=O)N2CCN(Cc3cc(Oc4nc5ccccc5s4)cc(C(F)(F)F)c3)CC2)n1.C=C(C)Nc1ccn(C(=O)N2CCN(Cc3ccc(C)cc3OC3CCS(=O)(=O)CC3)CC2)n1. The number of fused-ring (bicyclic) bond motifs is 1. The maximum atomic E-state index is 13.7. The molecule has 0 bridgehead atoms. The van der Waals surface area contributed by atoms with Gasteiger partial charge in [-0.05, 0) is 125 Å². The molecule has 0 atom stereocenters. The predicted octanol–water partition coefficient (Wildman–Crippen LogP) is 12.5. The second-order valence-electron chi connectivity index (χ2n) is 27.6. The van der Waals surface area contributed by atoms with Crippen molar-refractivity contribution in [1.82, 2.24) is 63.7 Å². The minimum absolute atomic E-state index is 0.0310. The Morgan fingerprint density at radius 1 is 0.505 bits per heavy atom. The van der Waals surface area contributed by atoms with Crippen LogP contribution in [0.2, 0.25) is 0 Å². The van der Waals surface area contributed by atoms with E-state index in [2.05, 4.69) is 73.0 Å². The molecule has 0 unspecified atom stereocenters. The van der Waals surface area contributed by atoms with E-state index in [4.69, 9.17) is 14.2 Å². The number of benzene rings is 4. The van der Waals surface area contributed by atoms with Gasteiger partial charge in [0.2, 0.25) is 0 Å². The largest absolute Gasteiger partial charge is 0.490 e. The van der Waals surface area contributed by atoms with Crippen LogP contribution in [-0.2, 0) is 51.7 Å². The third kappa shape index (κ3) is 22.9. The monoisotopic (exact) mass is 1570 g/mol. The number of aromatic nitrogens is 7. The summed E-state index contributed by atoms with van der Waals surface area (Å²) in [6, 6.07) is 25.4. The van der Waals surface area contributed by atoms with Gasteiger partial charge in [-0.2, -0.15) is 40.4 Å². The fourth-order valence-corrected chi connectivity index (χ4v) is 16.6. The van der Waals surface area contributed by atoms with Crippen molar-refractivity contribution in [2.24, 2.45) is 0 Å². The summed E-state index contributed by atoms with van der Waals surface area (Å²) in [5.41, 5.74) is 4.41. The Labute approximate surface area is 632 Å². The van der Waals surface area contributed by atoms with Crippen molar-refractivity contribution in [1.29, 1.82) is 0 Å². The standard InChI is InChI=1S/C26H25F3N6O2S.C24H30F3N5O4S.C24H33N5O4S/c1-17(2)30-23-7-8-35(32-23)25(36)34-11-9-33(10-12-34)16-18-13-19(26(27,28)29)15-20(14-18)37-24-31-21-5-3-4-6-22(21)38-24;1-17(2)28-22-3-6-32(29-22)23(33)31-9-7-30(8-10-31)16-18-13-19(24(25,26)27)15-21(14-18)36-20-4-11-37(34,35)12-5-20;1-18(2)25-23-6-9-29(26-23)24(30)28-12-10-27(11-13-28)17-20-5-4-19(3)16-22(20)33-21-7-14-34(31,32)15-8-21/h3-8,13-15H,1,9-12,16H2,2H3,(H,30,32);3,6,13-15,20H,1,4-5,7-12,16H2,2H3,(H,28,29);4-6,9,16,21H,1,7-8,10-15,17H2,2-3H3,(H,25,26). The van der Waals surface area contributed by atoms with Crippen molar-refractivity contribution >= 4 is 76.8 Å². The zero-order valence-electron chi connectivity index (χ0n) is 60.9. The molecule has 3 N–H and O–H groups in total. The van der Waals surface area contributed by atoms with Gasteiger partial charge >= 0.3 is 30.4 Å². The first kappa shape index (κ1) is 80.2. The summed E-state index contributed by atoms with van der Waals surface area (Å²) >= 11 is 1.27. The number of alkyl halides is 6. The van der Waals surface area contributed by atoms with Crippen molar-refractivity contribution < 1.29 is 71.8 Å². The summed E-state index contributed by atoms with van der Waals surface area (Å²) in [6.07, 6.45) is -3.20. The summed E-state index contributed by atoms with van der Waals surface area (Å²) in [6.45, 7) is 26.4. The van der Waals surface area contributed by atoms with E-state index in [-0.39, 0.29) is 89.8 Å². The summed E-state index contributed by atoms with van der Waals surface area (Å²) in [7, 11) is -6.03. The number of thiazole rings is 1. The number of amides is 3. The van der Waals surface area contributed by atoms with E-state index in [0.717, 1.165) is 76.7 Å². The number of allylic oxidation sites excluding steroid dienone is 3. The number of carbonyl (C=O) groups excluding carboxylic acids is 3. The number of aryl methyl sites for hydroxylation is 1. The van der Waals surface area contributed by atoms with Crippen molar-refractivity contribution in [2.75, 3.05) is 117 Å². The Morgan fingerprint density at radius 3 is 1.31 bits per heavy atom. The van der Waals surface area contributed by atoms with Crippen LogP contribution in [0.3, 0.4) is 0 Å². The number of halogens is 6. The molecule has 0 radical (unpaired) electrons. The number of carbonyl (C=O) groups is 3. The predicted molar refractivity (Wildman–Crippen MR) is 403 cm³/mol. The summed E-state index contributed by atoms with van der Waals surface area (Å²) in [5.74, 6) is 2.95. The molecule has 13 rings (SSSR count). The zero-order chi connectivity index (χ0) is 78.0. The molecule has 0 spiro atoms. The molecule has 4 aromatic heterocycles. The van der Waals surface area contributed by atoms with Crippen molar-refractivity contribution in [2.45, 2.75) is 97.6 Å². The van der Waals surface area contributed by atoms with Gasteiger partial charge in [-0.25, -0.2) is 36.2 Å². The summed E-state index contributed by atoms with van der Waals surface area (Å²) in [5, 5.41) is 21.9. The van der Waals surface area contributed by atoms with Gasteiger partial charge in [0, 0.05) is 158 Å².